The highest BCUT2D eigenvalue weighted by atomic mass is 14.5. The lowest BCUT2D eigenvalue weighted by Crippen LogP contribution is -2.27. The van der Waals surface area contributed by atoms with Crippen molar-refractivity contribution in [2.45, 2.75) is 11.8 Å². The Morgan fingerprint density at radius 3 is 1.61 bits per heavy atom. The molecule has 0 bridgehead atoms. The summed E-state index contributed by atoms with van der Waals surface area (Å²) in [6.45, 7) is 0. The summed E-state index contributed by atoms with van der Waals surface area (Å²) in [5.74, 6) is 0. The van der Waals surface area contributed by atoms with E-state index in [1.807, 2.05) is 0 Å². The maximum Gasteiger partial charge on any atom is 0.0691 e. The Balaban J connectivity index is 1.47. The number of fused-ring (bicyclic) bond motifs is 9. The molecule has 0 heteroatoms. The Morgan fingerprint density at radius 2 is 1.00 bits per heavy atom. The molecule has 3 aliphatic carbocycles. The van der Waals surface area contributed by atoms with Crippen molar-refractivity contribution in [1.29, 1.82) is 0 Å². The minimum Gasteiger partial charge on any atom is -0.0798 e. The predicted molar refractivity (Wildman–Crippen MR) is 150 cm³/mol. The van der Waals surface area contributed by atoms with E-state index in [2.05, 4.69) is 133 Å². The van der Waals surface area contributed by atoms with Gasteiger partial charge in [-0.3, -0.25) is 0 Å². The SMILES string of the molecule is C1=CC2=C(C1)C1(c3ccccc32)c2cc(-c3ccccc3)ccc2-c2ccc(-c3ccccc3)cc21. The first-order valence-electron chi connectivity index (χ1n) is 12.8. The van der Waals surface area contributed by atoms with Gasteiger partial charge in [0.15, 0.2) is 0 Å². The van der Waals surface area contributed by atoms with Crippen LogP contribution in [0.15, 0.2) is 139 Å². The molecule has 0 atom stereocenters. The summed E-state index contributed by atoms with van der Waals surface area (Å²) in [5.41, 5.74) is 16.2. The topological polar surface area (TPSA) is 0 Å². The molecular formula is C36H24. The average Bonchev–Trinajstić information content (AvgIpc) is 3.62. The average molecular weight is 457 g/mol. The molecule has 3 aliphatic rings. The van der Waals surface area contributed by atoms with Gasteiger partial charge >= 0.3 is 0 Å². The van der Waals surface area contributed by atoms with E-state index in [0.29, 0.717) is 0 Å². The summed E-state index contributed by atoms with van der Waals surface area (Å²) in [6.07, 6.45) is 5.69. The third kappa shape index (κ3) is 2.49. The molecule has 0 radical (unpaired) electrons. The Bertz CT molecular complexity index is 1640. The van der Waals surface area contributed by atoms with Crippen LogP contribution in [-0.4, -0.2) is 0 Å². The summed E-state index contributed by atoms with van der Waals surface area (Å²) in [7, 11) is 0. The lowest BCUT2D eigenvalue weighted by Gasteiger charge is -2.32. The maximum absolute atomic E-state index is 2.47. The maximum atomic E-state index is 2.47. The van der Waals surface area contributed by atoms with Gasteiger partial charge in [-0.15, -0.1) is 0 Å². The molecule has 8 rings (SSSR count). The van der Waals surface area contributed by atoms with Gasteiger partial charge in [-0.05, 0) is 85.3 Å². The van der Waals surface area contributed by atoms with Gasteiger partial charge < -0.3 is 0 Å². The molecule has 36 heavy (non-hydrogen) atoms. The number of hydrogen-bond donors (Lipinski definition) is 0. The van der Waals surface area contributed by atoms with Crippen molar-refractivity contribution in [3.63, 3.8) is 0 Å². The number of hydrogen-bond acceptors (Lipinski definition) is 0. The molecule has 5 aromatic rings. The molecule has 0 aromatic heterocycles. The van der Waals surface area contributed by atoms with Gasteiger partial charge in [0, 0.05) is 0 Å². The fourth-order valence-corrected chi connectivity index (χ4v) is 6.88. The van der Waals surface area contributed by atoms with Crippen molar-refractivity contribution >= 4 is 5.57 Å². The molecular weight excluding hydrogens is 432 g/mol. The van der Waals surface area contributed by atoms with Gasteiger partial charge in [0.2, 0.25) is 0 Å². The van der Waals surface area contributed by atoms with Gasteiger partial charge in [-0.2, -0.15) is 0 Å². The highest BCUT2D eigenvalue weighted by molar-refractivity contribution is 5.99. The molecule has 0 saturated carbocycles. The molecule has 5 aromatic carbocycles. The van der Waals surface area contributed by atoms with Crippen molar-refractivity contribution < 1.29 is 0 Å². The lowest BCUT2D eigenvalue weighted by molar-refractivity contribution is 0.750. The second kappa shape index (κ2) is 7.29. The highest BCUT2D eigenvalue weighted by Gasteiger charge is 2.53. The van der Waals surface area contributed by atoms with Crippen LogP contribution in [-0.2, 0) is 5.41 Å². The van der Waals surface area contributed by atoms with Gasteiger partial charge in [0.05, 0.1) is 5.41 Å². The molecule has 0 heterocycles. The highest BCUT2D eigenvalue weighted by Crippen LogP contribution is 2.64. The van der Waals surface area contributed by atoms with Crippen LogP contribution in [0.2, 0.25) is 0 Å². The Morgan fingerprint density at radius 1 is 0.444 bits per heavy atom. The van der Waals surface area contributed by atoms with E-state index < -0.39 is 0 Å². The van der Waals surface area contributed by atoms with Crippen molar-refractivity contribution in [2.24, 2.45) is 0 Å². The van der Waals surface area contributed by atoms with Gasteiger partial charge in [0.25, 0.3) is 0 Å². The first-order valence-corrected chi connectivity index (χ1v) is 12.8. The van der Waals surface area contributed by atoms with E-state index in [0.717, 1.165) is 6.42 Å². The second-order valence-corrected chi connectivity index (χ2v) is 10.0. The van der Waals surface area contributed by atoms with E-state index in [9.17, 15) is 0 Å². The predicted octanol–water partition coefficient (Wildman–Crippen LogP) is 9.06. The Hall–Kier alpha value is -4.42. The van der Waals surface area contributed by atoms with E-state index in [-0.39, 0.29) is 5.41 Å². The molecule has 168 valence electrons. The Labute approximate surface area is 211 Å². The fraction of sp³-hybridized carbons (Fsp3) is 0.0556. The quantitative estimate of drug-likeness (QED) is 0.248. The zero-order valence-electron chi connectivity index (χ0n) is 19.9. The van der Waals surface area contributed by atoms with E-state index in [4.69, 9.17) is 0 Å². The first kappa shape index (κ1) is 19.8. The van der Waals surface area contributed by atoms with Crippen molar-refractivity contribution in [3.05, 3.63) is 161 Å². The van der Waals surface area contributed by atoms with E-state index >= 15 is 0 Å². The van der Waals surface area contributed by atoms with E-state index in [1.165, 1.54) is 66.8 Å². The Kier molecular flexibility index (Phi) is 4.02. The van der Waals surface area contributed by atoms with Crippen LogP contribution in [0.5, 0.6) is 0 Å². The summed E-state index contributed by atoms with van der Waals surface area (Å²) < 4.78 is 0. The molecule has 0 unspecified atom stereocenters. The third-order valence-electron chi connectivity index (χ3n) is 8.36. The summed E-state index contributed by atoms with van der Waals surface area (Å²) in [4.78, 5) is 0. The van der Waals surface area contributed by atoms with Gasteiger partial charge in [0.1, 0.15) is 0 Å². The third-order valence-corrected chi connectivity index (χ3v) is 8.36. The van der Waals surface area contributed by atoms with Crippen LogP contribution < -0.4 is 0 Å². The number of rotatable bonds is 2. The number of benzene rings is 5. The van der Waals surface area contributed by atoms with E-state index in [1.54, 1.807) is 0 Å². The van der Waals surface area contributed by atoms with Crippen LogP contribution >= 0.6 is 0 Å². The van der Waals surface area contributed by atoms with Crippen LogP contribution in [0.1, 0.15) is 28.7 Å². The summed E-state index contributed by atoms with van der Waals surface area (Å²) in [5, 5.41) is 0. The van der Waals surface area contributed by atoms with Crippen molar-refractivity contribution in [1.82, 2.24) is 0 Å². The van der Waals surface area contributed by atoms with Crippen LogP contribution in [0.3, 0.4) is 0 Å². The summed E-state index contributed by atoms with van der Waals surface area (Å²) in [6, 6.07) is 44.9. The molecule has 0 nitrogen and oxygen atoms in total. The fourth-order valence-electron chi connectivity index (χ4n) is 6.88. The minimum atomic E-state index is -0.254. The first-order chi connectivity index (χ1) is 17.9. The normalized spacial score (nSPS) is 15.7. The lowest BCUT2D eigenvalue weighted by atomic mass is 9.68. The van der Waals surface area contributed by atoms with Crippen LogP contribution in [0, 0.1) is 0 Å². The molecule has 0 amide bonds. The largest absolute Gasteiger partial charge is 0.0798 e. The molecule has 0 fully saturated rings. The monoisotopic (exact) mass is 456 g/mol. The molecule has 1 spiro atoms. The smallest absolute Gasteiger partial charge is 0.0691 e. The zero-order chi connectivity index (χ0) is 23.7. The van der Waals surface area contributed by atoms with Gasteiger partial charge in [-0.1, -0.05) is 121 Å². The molecule has 0 aliphatic heterocycles. The second-order valence-electron chi connectivity index (χ2n) is 10.0. The molecule has 0 saturated heterocycles. The van der Waals surface area contributed by atoms with Crippen molar-refractivity contribution in [3.8, 4) is 33.4 Å². The molecule has 0 N–H and O–H groups in total. The van der Waals surface area contributed by atoms with Gasteiger partial charge in [-0.25, -0.2) is 0 Å². The summed E-state index contributed by atoms with van der Waals surface area (Å²) >= 11 is 0. The zero-order valence-corrected chi connectivity index (χ0v) is 19.9. The van der Waals surface area contributed by atoms with Crippen LogP contribution in [0.4, 0.5) is 0 Å². The number of allylic oxidation sites excluding steroid dienone is 4. The van der Waals surface area contributed by atoms with Crippen molar-refractivity contribution in [2.75, 3.05) is 0 Å². The van der Waals surface area contributed by atoms with Crippen LogP contribution in [0.25, 0.3) is 39.0 Å². The standard InChI is InChI=1S/C36H24/c1-3-10-24(11-4-1)26-18-20-30-31-21-19-27(25-12-5-2-6-13-25)23-35(31)36(34(30)22-26)32-16-8-7-14-28(32)29-15-9-17-33(29)36/h1-16,18-23H,17H2. The minimum absolute atomic E-state index is 0.254.